The molecule has 0 amide bonds. The minimum absolute atomic E-state index is 0.525. The van der Waals surface area contributed by atoms with Gasteiger partial charge in [0.15, 0.2) is 0 Å². The maximum Gasteiger partial charge on any atom is 0.124 e. The van der Waals surface area contributed by atoms with Crippen molar-refractivity contribution in [2.24, 2.45) is 0 Å². The highest BCUT2D eigenvalue weighted by atomic mass is 16.5. The molecule has 1 N–H and O–H groups in total. The second-order valence-electron chi connectivity index (χ2n) is 4.38. The molecule has 96 valence electrons. The van der Waals surface area contributed by atoms with Crippen molar-refractivity contribution in [2.75, 3.05) is 27.3 Å². The van der Waals surface area contributed by atoms with Gasteiger partial charge in [0.1, 0.15) is 5.75 Å². The number of likely N-dealkylation sites (N-methyl/N-ethyl adjacent to an activating group) is 1. The Bertz CT molecular complexity index is 337. The zero-order valence-electron chi connectivity index (χ0n) is 11.2. The third-order valence-corrected chi connectivity index (χ3v) is 2.73. The van der Waals surface area contributed by atoms with Gasteiger partial charge >= 0.3 is 0 Å². The summed E-state index contributed by atoms with van der Waals surface area (Å²) in [5.74, 6) is 1.43. The van der Waals surface area contributed by atoms with Crippen LogP contribution in [0.4, 0.5) is 0 Å². The Morgan fingerprint density at radius 2 is 2.06 bits per heavy atom. The van der Waals surface area contributed by atoms with E-state index in [0.717, 1.165) is 17.9 Å². The topological polar surface area (TPSA) is 30.5 Å². The molecule has 0 aliphatic rings. The van der Waals surface area contributed by atoms with Gasteiger partial charge in [-0.3, -0.25) is 0 Å². The normalized spacial score (nSPS) is 10.9. The molecule has 0 bridgehead atoms. The summed E-state index contributed by atoms with van der Waals surface area (Å²) in [5, 5.41) is 3.06. The van der Waals surface area contributed by atoms with E-state index in [1.807, 2.05) is 13.1 Å². The maximum absolute atomic E-state index is 5.59. The molecule has 17 heavy (non-hydrogen) atoms. The number of nitrogens with one attached hydrogen (secondary N) is 1. The molecule has 0 fully saturated rings. The van der Waals surface area contributed by atoms with Crippen LogP contribution in [0, 0.1) is 0 Å². The molecule has 0 aromatic heterocycles. The van der Waals surface area contributed by atoms with E-state index in [1.165, 1.54) is 5.56 Å². The lowest BCUT2D eigenvalue weighted by Crippen LogP contribution is -2.14. The van der Waals surface area contributed by atoms with Crippen molar-refractivity contribution < 1.29 is 9.47 Å². The van der Waals surface area contributed by atoms with Crippen LogP contribution in [-0.2, 0) is 11.3 Å². The van der Waals surface area contributed by atoms with Gasteiger partial charge in [0, 0.05) is 12.1 Å². The molecular weight excluding hydrogens is 214 g/mol. The third kappa shape index (κ3) is 4.36. The number of rotatable bonds is 7. The van der Waals surface area contributed by atoms with Crippen LogP contribution < -0.4 is 10.1 Å². The van der Waals surface area contributed by atoms with Crippen LogP contribution >= 0.6 is 0 Å². The molecule has 1 aromatic rings. The molecule has 0 spiro atoms. The number of methoxy groups -OCH3 is 1. The Labute approximate surface area is 104 Å². The lowest BCUT2D eigenvalue weighted by atomic mass is 10.0. The average molecular weight is 237 g/mol. The Morgan fingerprint density at radius 3 is 2.65 bits per heavy atom. The summed E-state index contributed by atoms with van der Waals surface area (Å²) in [6.07, 6.45) is 0. The van der Waals surface area contributed by atoms with Gasteiger partial charge in [0.25, 0.3) is 0 Å². The van der Waals surface area contributed by atoms with Crippen molar-refractivity contribution in [1.82, 2.24) is 5.32 Å². The molecule has 0 saturated carbocycles. The SMILES string of the molecule is CNCCOCc1cc(C(C)C)ccc1OC. The van der Waals surface area contributed by atoms with Gasteiger partial charge in [-0.15, -0.1) is 0 Å². The van der Waals surface area contributed by atoms with Gasteiger partial charge in [-0.2, -0.15) is 0 Å². The highest BCUT2D eigenvalue weighted by Gasteiger charge is 2.06. The molecule has 0 aliphatic heterocycles. The zero-order chi connectivity index (χ0) is 12.7. The van der Waals surface area contributed by atoms with Crippen molar-refractivity contribution in [3.63, 3.8) is 0 Å². The van der Waals surface area contributed by atoms with Gasteiger partial charge < -0.3 is 14.8 Å². The highest BCUT2D eigenvalue weighted by Crippen LogP contribution is 2.24. The number of ether oxygens (including phenoxy) is 2. The van der Waals surface area contributed by atoms with E-state index in [2.05, 4.69) is 31.3 Å². The predicted molar refractivity (Wildman–Crippen MR) is 70.7 cm³/mol. The summed E-state index contributed by atoms with van der Waals surface area (Å²) in [5.41, 5.74) is 2.44. The van der Waals surface area contributed by atoms with Crippen LogP contribution in [-0.4, -0.2) is 27.3 Å². The second kappa shape index (κ2) is 7.30. The molecule has 3 nitrogen and oxygen atoms in total. The second-order valence-corrected chi connectivity index (χ2v) is 4.38. The molecule has 1 rings (SSSR count). The molecule has 0 unspecified atom stereocenters. The number of hydrogen-bond acceptors (Lipinski definition) is 3. The molecular formula is C14H23NO2. The first kappa shape index (κ1) is 14.0. The molecule has 0 aliphatic carbocycles. The Balaban J connectivity index is 2.69. The molecule has 0 atom stereocenters. The van der Waals surface area contributed by atoms with Crippen LogP contribution in [0.5, 0.6) is 5.75 Å². The summed E-state index contributed by atoms with van der Waals surface area (Å²) in [4.78, 5) is 0. The summed E-state index contributed by atoms with van der Waals surface area (Å²) in [6, 6.07) is 6.30. The van der Waals surface area contributed by atoms with Crippen molar-refractivity contribution in [3.05, 3.63) is 29.3 Å². The monoisotopic (exact) mass is 237 g/mol. The minimum atomic E-state index is 0.525. The van der Waals surface area contributed by atoms with E-state index >= 15 is 0 Å². The van der Waals surface area contributed by atoms with Crippen molar-refractivity contribution in [1.29, 1.82) is 0 Å². The maximum atomic E-state index is 5.59. The van der Waals surface area contributed by atoms with Crippen LogP contribution in [0.3, 0.4) is 0 Å². The first-order valence-electron chi connectivity index (χ1n) is 6.08. The van der Waals surface area contributed by atoms with Gasteiger partial charge in [-0.25, -0.2) is 0 Å². The van der Waals surface area contributed by atoms with E-state index in [1.54, 1.807) is 7.11 Å². The van der Waals surface area contributed by atoms with Crippen LogP contribution in [0.2, 0.25) is 0 Å². The Morgan fingerprint density at radius 1 is 1.29 bits per heavy atom. The van der Waals surface area contributed by atoms with Gasteiger partial charge in [0.2, 0.25) is 0 Å². The van der Waals surface area contributed by atoms with E-state index in [4.69, 9.17) is 9.47 Å². The summed E-state index contributed by atoms with van der Waals surface area (Å²) in [7, 11) is 3.62. The van der Waals surface area contributed by atoms with Crippen molar-refractivity contribution >= 4 is 0 Å². The summed E-state index contributed by atoms with van der Waals surface area (Å²) < 4.78 is 10.9. The summed E-state index contributed by atoms with van der Waals surface area (Å²) in [6.45, 7) is 6.56. The first-order chi connectivity index (χ1) is 8.19. The largest absolute Gasteiger partial charge is 0.496 e. The highest BCUT2D eigenvalue weighted by molar-refractivity contribution is 5.37. The van der Waals surface area contributed by atoms with E-state index in [9.17, 15) is 0 Å². The fourth-order valence-electron chi connectivity index (χ4n) is 1.63. The summed E-state index contributed by atoms with van der Waals surface area (Å²) >= 11 is 0. The fraction of sp³-hybridized carbons (Fsp3) is 0.571. The lowest BCUT2D eigenvalue weighted by Gasteiger charge is -2.13. The van der Waals surface area contributed by atoms with Gasteiger partial charge in [0.05, 0.1) is 20.3 Å². The first-order valence-corrected chi connectivity index (χ1v) is 6.08. The van der Waals surface area contributed by atoms with Crippen LogP contribution in [0.25, 0.3) is 0 Å². The quantitative estimate of drug-likeness (QED) is 0.739. The predicted octanol–water partition coefficient (Wildman–Crippen LogP) is 2.55. The molecule has 0 radical (unpaired) electrons. The standard InChI is InChI=1S/C14H23NO2/c1-11(2)12-5-6-14(16-4)13(9-12)10-17-8-7-15-3/h5-6,9,11,15H,7-8,10H2,1-4H3. The Kier molecular flexibility index (Phi) is 6.01. The molecule has 1 aromatic carbocycles. The average Bonchev–Trinajstić information content (AvgIpc) is 2.34. The zero-order valence-corrected chi connectivity index (χ0v) is 11.2. The minimum Gasteiger partial charge on any atom is -0.496 e. The van der Waals surface area contributed by atoms with E-state index < -0.39 is 0 Å². The number of hydrogen-bond donors (Lipinski definition) is 1. The van der Waals surface area contributed by atoms with Crippen LogP contribution in [0.1, 0.15) is 30.9 Å². The third-order valence-electron chi connectivity index (χ3n) is 2.73. The van der Waals surface area contributed by atoms with Crippen LogP contribution in [0.15, 0.2) is 18.2 Å². The molecule has 3 heteroatoms. The molecule has 0 heterocycles. The van der Waals surface area contributed by atoms with Crippen molar-refractivity contribution in [3.8, 4) is 5.75 Å². The van der Waals surface area contributed by atoms with E-state index in [0.29, 0.717) is 19.1 Å². The van der Waals surface area contributed by atoms with Gasteiger partial charge in [-0.1, -0.05) is 19.9 Å². The number of benzene rings is 1. The fourth-order valence-corrected chi connectivity index (χ4v) is 1.63. The molecule has 0 saturated heterocycles. The Hall–Kier alpha value is -1.06. The van der Waals surface area contributed by atoms with Crippen molar-refractivity contribution in [2.45, 2.75) is 26.4 Å². The lowest BCUT2D eigenvalue weighted by molar-refractivity contribution is 0.122. The van der Waals surface area contributed by atoms with E-state index in [-0.39, 0.29) is 0 Å². The van der Waals surface area contributed by atoms with Gasteiger partial charge in [-0.05, 0) is 30.7 Å². The smallest absolute Gasteiger partial charge is 0.124 e.